The molecule has 0 radical (unpaired) electrons. The normalized spacial score (nSPS) is 11.3. The summed E-state index contributed by atoms with van der Waals surface area (Å²) in [5, 5.41) is 3.18. The molecular formula is C12H14N4O2S. The van der Waals surface area contributed by atoms with Gasteiger partial charge in [-0.2, -0.15) is 0 Å². The smallest absolute Gasteiger partial charge is 0.192 e. The third-order valence-corrected chi connectivity index (χ3v) is 3.58. The maximum absolute atomic E-state index is 11.4. The van der Waals surface area contributed by atoms with Gasteiger partial charge in [0.2, 0.25) is 0 Å². The van der Waals surface area contributed by atoms with Gasteiger partial charge in [-0.25, -0.2) is 23.4 Å². The van der Waals surface area contributed by atoms with Crippen molar-refractivity contribution < 1.29 is 8.42 Å². The predicted octanol–water partition coefficient (Wildman–Crippen LogP) is 1.64. The van der Waals surface area contributed by atoms with Crippen LogP contribution < -0.4 is 5.32 Å². The second kappa shape index (κ2) is 4.93. The Kier molecular flexibility index (Phi) is 3.48. The lowest BCUT2D eigenvalue weighted by Crippen LogP contribution is -2.05. The number of aromatic nitrogens is 3. The largest absolute Gasteiger partial charge is 0.338 e. The average Bonchev–Trinajstić information content (AvgIpc) is 2.33. The van der Waals surface area contributed by atoms with Crippen molar-refractivity contribution in [1.29, 1.82) is 0 Å². The lowest BCUT2D eigenvalue weighted by Gasteiger charge is -2.10. The molecule has 0 spiro atoms. The first-order chi connectivity index (χ1) is 8.88. The Morgan fingerprint density at radius 2 is 1.95 bits per heavy atom. The summed E-state index contributed by atoms with van der Waals surface area (Å²) >= 11 is 0. The van der Waals surface area contributed by atoms with Crippen molar-refractivity contribution in [3.63, 3.8) is 0 Å². The van der Waals surface area contributed by atoms with Gasteiger partial charge in [-0.3, -0.25) is 0 Å². The van der Waals surface area contributed by atoms with Crippen molar-refractivity contribution in [2.75, 3.05) is 11.6 Å². The van der Waals surface area contributed by atoms with Crippen molar-refractivity contribution in [2.45, 2.75) is 18.9 Å². The molecule has 0 fully saturated rings. The lowest BCUT2D eigenvalue weighted by molar-refractivity contribution is 0.598. The first kappa shape index (κ1) is 13.4. The highest BCUT2D eigenvalue weighted by atomic mass is 32.2. The second-order valence-electron chi connectivity index (χ2n) is 4.23. The highest BCUT2D eigenvalue weighted by Crippen LogP contribution is 2.21. The fraction of sp³-hybridized carbons (Fsp3) is 0.250. The molecule has 7 heteroatoms. The minimum absolute atomic E-state index is 0.0648. The lowest BCUT2D eigenvalue weighted by atomic mass is 10.3. The first-order valence-corrected chi connectivity index (χ1v) is 7.48. The topological polar surface area (TPSA) is 84.8 Å². The van der Waals surface area contributed by atoms with Gasteiger partial charge in [0.1, 0.15) is 12.1 Å². The Morgan fingerprint density at radius 1 is 1.21 bits per heavy atom. The standard InChI is InChI=1S/C12H14N4O2S/c1-8-6-13-7-14-12(8)16-10-4-5-11(15-9(10)2)19(3,17)18/h4-7H,1-3H3,(H,13,14,16). The molecule has 0 aliphatic carbocycles. The molecule has 2 aromatic rings. The molecule has 19 heavy (non-hydrogen) atoms. The highest BCUT2D eigenvalue weighted by molar-refractivity contribution is 7.90. The first-order valence-electron chi connectivity index (χ1n) is 5.59. The molecule has 100 valence electrons. The minimum atomic E-state index is -3.29. The van der Waals surface area contributed by atoms with Gasteiger partial charge in [0.15, 0.2) is 14.9 Å². The van der Waals surface area contributed by atoms with Gasteiger partial charge in [0, 0.05) is 18.0 Å². The summed E-state index contributed by atoms with van der Waals surface area (Å²) in [4.78, 5) is 12.1. The number of anilines is 2. The third-order valence-electron chi connectivity index (χ3n) is 2.59. The van der Waals surface area contributed by atoms with E-state index in [-0.39, 0.29) is 5.03 Å². The molecule has 0 bridgehead atoms. The molecular weight excluding hydrogens is 264 g/mol. The molecule has 2 aromatic heterocycles. The van der Waals surface area contributed by atoms with Gasteiger partial charge in [-0.05, 0) is 26.0 Å². The zero-order chi connectivity index (χ0) is 14.0. The van der Waals surface area contributed by atoms with Gasteiger partial charge in [0.25, 0.3) is 0 Å². The van der Waals surface area contributed by atoms with Crippen LogP contribution in [-0.4, -0.2) is 29.6 Å². The molecule has 0 amide bonds. The molecule has 0 aliphatic rings. The minimum Gasteiger partial charge on any atom is -0.338 e. The second-order valence-corrected chi connectivity index (χ2v) is 6.20. The summed E-state index contributed by atoms with van der Waals surface area (Å²) < 4.78 is 22.8. The van der Waals surface area contributed by atoms with E-state index in [1.165, 1.54) is 12.4 Å². The van der Waals surface area contributed by atoms with Crippen LogP contribution in [0.25, 0.3) is 0 Å². The number of nitrogens with one attached hydrogen (secondary N) is 1. The van der Waals surface area contributed by atoms with Gasteiger partial charge < -0.3 is 5.32 Å². The SMILES string of the molecule is Cc1cncnc1Nc1ccc(S(C)(=O)=O)nc1C. The van der Waals surface area contributed by atoms with Crippen molar-refractivity contribution in [3.8, 4) is 0 Å². The van der Waals surface area contributed by atoms with E-state index in [9.17, 15) is 8.42 Å². The summed E-state index contributed by atoms with van der Waals surface area (Å²) in [5.41, 5.74) is 2.21. The molecule has 0 aromatic carbocycles. The Morgan fingerprint density at radius 3 is 2.53 bits per heavy atom. The molecule has 0 unspecified atom stereocenters. The zero-order valence-electron chi connectivity index (χ0n) is 10.9. The van der Waals surface area contributed by atoms with E-state index >= 15 is 0 Å². The number of pyridine rings is 1. The van der Waals surface area contributed by atoms with E-state index < -0.39 is 9.84 Å². The zero-order valence-corrected chi connectivity index (χ0v) is 11.7. The van der Waals surface area contributed by atoms with E-state index in [0.29, 0.717) is 17.2 Å². The van der Waals surface area contributed by atoms with Crippen LogP contribution in [0.5, 0.6) is 0 Å². The molecule has 2 heterocycles. The number of hydrogen-bond acceptors (Lipinski definition) is 6. The van der Waals surface area contributed by atoms with Crippen LogP contribution in [0.15, 0.2) is 29.7 Å². The van der Waals surface area contributed by atoms with Gasteiger partial charge in [-0.1, -0.05) is 0 Å². The van der Waals surface area contributed by atoms with Crippen LogP contribution in [0.4, 0.5) is 11.5 Å². The molecule has 0 atom stereocenters. The van der Waals surface area contributed by atoms with E-state index in [1.807, 2.05) is 6.92 Å². The van der Waals surface area contributed by atoms with Gasteiger partial charge in [-0.15, -0.1) is 0 Å². The van der Waals surface area contributed by atoms with Crippen molar-refractivity contribution in [1.82, 2.24) is 15.0 Å². The number of aryl methyl sites for hydroxylation is 2. The van der Waals surface area contributed by atoms with E-state index in [0.717, 1.165) is 11.8 Å². The fourth-order valence-corrected chi connectivity index (χ4v) is 2.15. The van der Waals surface area contributed by atoms with Crippen molar-refractivity contribution >= 4 is 21.3 Å². The number of nitrogens with zero attached hydrogens (tertiary/aromatic N) is 3. The molecule has 2 rings (SSSR count). The molecule has 0 aliphatic heterocycles. The van der Waals surface area contributed by atoms with E-state index in [1.54, 1.807) is 19.2 Å². The summed E-state index contributed by atoms with van der Waals surface area (Å²) in [7, 11) is -3.29. The maximum atomic E-state index is 11.4. The Hall–Kier alpha value is -2.02. The van der Waals surface area contributed by atoms with E-state index in [2.05, 4.69) is 20.3 Å². The fourth-order valence-electron chi connectivity index (χ4n) is 1.53. The molecule has 6 nitrogen and oxygen atoms in total. The third kappa shape index (κ3) is 3.05. The Labute approximate surface area is 111 Å². The maximum Gasteiger partial charge on any atom is 0.192 e. The van der Waals surface area contributed by atoms with Crippen LogP contribution in [-0.2, 0) is 9.84 Å². The summed E-state index contributed by atoms with van der Waals surface area (Å²) in [6.07, 6.45) is 4.28. The monoisotopic (exact) mass is 278 g/mol. The van der Waals surface area contributed by atoms with Crippen LogP contribution in [0.3, 0.4) is 0 Å². The van der Waals surface area contributed by atoms with Gasteiger partial charge >= 0.3 is 0 Å². The predicted molar refractivity (Wildman–Crippen MR) is 72.1 cm³/mol. The molecule has 1 N–H and O–H groups in total. The van der Waals surface area contributed by atoms with E-state index in [4.69, 9.17) is 0 Å². The Bertz CT molecular complexity index is 713. The summed E-state index contributed by atoms with van der Waals surface area (Å²) in [6.45, 7) is 3.63. The average molecular weight is 278 g/mol. The van der Waals surface area contributed by atoms with Crippen LogP contribution >= 0.6 is 0 Å². The molecule has 0 saturated carbocycles. The van der Waals surface area contributed by atoms with Crippen molar-refractivity contribution in [3.05, 3.63) is 35.9 Å². The summed E-state index contributed by atoms with van der Waals surface area (Å²) in [6, 6.07) is 3.15. The number of sulfone groups is 1. The molecule has 0 saturated heterocycles. The Balaban J connectivity index is 2.36. The summed E-state index contributed by atoms with van der Waals surface area (Å²) in [5.74, 6) is 0.673. The van der Waals surface area contributed by atoms with Crippen LogP contribution in [0.2, 0.25) is 0 Å². The van der Waals surface area contributed by atoms with Crippen molar-refractivity contribution in [2.24, 2.45) is 0 Å². The van der Waals surface area contributed by atoms with Crippen LogP contribution in [0.1, 0.15) is 11.3 Å². The van der Waals surface area contributed by atoms with Crippen LogP contribution in [0, 0.1) is 13.8 Å². The quantitative estimate of drug-likeness (QED) is 0.918. The highest BCUT2D eigenvalue weighted by Gasteiger charge is 2.11. The number of hydrogen-bond donors (Lipinski definition) is 1. The number of rotatable bonds is 3. The van der Waals surface area contributed by atoms with Gasteiger partial charge in [0.05, 0.1) is 11.4 Å².